The zero-order valence-electron chi connectivity index (χ0n) is 8.50. The van der Waals surface area contributed by atoms with Crippen LogP contribution < -0.4 is 4.74 Å². The molecule has 0 aliphatic carbocycles. The van der Waals surface area contributed by atoms with Gasteiger partial charge in [0, 0.05) is 6.07 Å². The van der Waals surface area contributed by atoms with Crippen molar-refractivity contribution >= 4 is 6.29 Å². The molecule has 0 unspecified atom stereocenters. The molecule has 0 aliphatic heterocycles. The lowest BCUT2D eigenvalue weighted by Gasteiger charge is -2.10. The maximum Gasteiger partial charge on any atom is 0.153 e. The van der Waals surface area contributed by atoms with Gasteiger partial charge in [-0.2, -0.15) is 0 Å². The number of halogens is 1. The molecule has 1 aromatic carbocycles. The summed E-state index contributed by atoms with van der Waals surface area (Å²) >= 11 is 0. The van der Waals surface area contributed by atoms with Gasteiger partial charge >= 0.3 is 0 Å². The molecule has 0 amide bonds. The number of ether oxygens (including phenoxy) is 1. The summed E-state index contributed by atoms with van der Waals surface area (Å²) in [5.41, 5.74) is 0.922. The SMILES string of the molecule is COc1cc(F)c(C(C)C)cc1C=O. The summed E-state index contributed by atoms with van der Waals surface area (Å²) in [6.45, 7) is 3.75. The number of carbonyl (C=O) groups is 1. The maximum atomic E-state index is 13.4. The molecule has 0 aliphatic rings. The van der Waals surface area contributed by atoms with Crippen molar-refractivity contribution < 1.29 is 13.9 Å². The van der Waals surface area contributed by atoms with Crippen molar-refractivity contribution in [3.8, 4) is 5.75 Å². The van der Waals surface area contributed by atoms with E-state index in [2.05, 4.69) is 0 Å². The van der Waals surface area contributed by atoms with Gasteiger partial charge in [0.15, 0.2) is 6.29 Å². The lowest BCUT2D eigenvalue weighted by molar-refractivity contribution is 0.112. The summed E-state index contributed by atoms with van der Waals surface area (Å²) in [5, 5.41) is 0. The van der Waals surface area contributed by atoms with Crippen LogP contribution in [0.3, 0.4) is 0 Å². The number of methoxy groups -OCH3 is 1. The summed E-state index contributed by atoms with van der Waals surface area (Å²) in [6, 6.07) is 2.78. The molecule has 1 rings (SSSR count). The molecular weight excluding hydrogens is 183 g/mol. The number of hydrogen-bond acceptors (Lipinski definition) is 2. The summed E-state index contributed by atoms with van der Waals surface area (Å²) in [6.07, 6.45) is 0.671. The molecule has 0 atom stereocenters. The van der Waals surface area contributed by atoms with E-state index >= 15 is 0 Å². The zero-order chi connectivity index (χ0) is 10.7. The Morgan fingerprint density at radius 1 is 1.43 bits per heavy atom. The molecule has 14 heavy (non-hydrogen) atoms. The highest BCUT2D eigenvalue weighted by Gasteiger charge is 2.12. The van der Waals surface area contributed by atoms with Crippen LogP contribution in [-0.2, 0) is 0 Å². The van der Waals surface area contributed by atoms with Crippen LogP contribution in [0.2, 0.25) is 0 Å². The Morgan fingerprint density at radius 3 is 2.50 bits per heavy atom. The van der Waals surface area contributed by atoms with Crippen LogP contribution in [-0.4, -0.2) is 13.4 Å². The fourth-order valence-corrected chi connectivity index (χ4v) is 1.30. The molecular formula is C11H13FO2. The largest absolute Gasteiger partial charge is 0.496 e. The minimum absolute atomic E-state index is 0.0552. The van der Waals surface area contributed by atoms with Crippen LogP contribution in [0.15, 0.2) is 12.1 Å². The van der Waals surface area contributed by atoms with Crippen LogP contribution in [0.25, 0.3) is 0 Å². The molecule has 0 heterocycles. The van der Waals surface area contributed by atoms with E-state index in [4.69, 9.17) is 4.74 Å². The van der Waals surface area contributed by atoms with Gasteiger partial charge in [0.2, 0.25) is 0 Å². The molecule has 0 radical (unpaired) electrons. The quantitative estimate of drug-likeness (QED) is 0.695. The lowest BCUT2D eigenvalue weighted by atomic mass is 10.00. The highest BCUT2D eigenvalue weighted by molar-refractivity contribution is 5.79. The third-order valence-corrected chi connectivity index (χ3v) is 2.10. The average molecular weight is 196 g/mol. The molecule has 2 nitrogen and oxygen atoms in total. The second kappa shape index (κ2) is 4.22. The Hall–Kier alpha value is -1.38. The number of hydrogen-bond donors (Lipinski definition) is 0. The third-order valence-electron chi connectivity index (χ3n) is 2.10. The third kappa shape index (κ3) is 1.92. The van der Waals surface area contributed by atoms with E-state index in [0.29, 0.717) is 17.4 Å². The molecule has 3 heteroatoms. The molecule has 1 aromatic rings. The molecule has 76 valence electrons. The first-order valence-corrected chi connectivity index (χ1v) is 4.42. The lowest BCUT2D eigenvalue weighted by Crippen LogP contribution is -1.98. The topological polar surface area (TPSA) is 26.3 Å². The van der Waals surface area contributed by atoms with E-state index in [1.807, 2.05) is 13.8 Å². The smallest absolute Gasteiger partial charge is 0.153 e. The molecule has 0 saturated carbocycles. The van der Waals surface area contributed by atoms with E-state index in [-0.39, 0.29) is 17.5 Å². The van der Waals surface area contributed by atoms with Gasteiger partial charge in [0.25, 0.3) is 0 Å². The first-order chi connectivity index (χ1) is 6.60. The summed E-state index contributed by atoms with van der Waals surface area (Å²) in [5.74, 6) is 0.00366. The van der Waals surface area contributed by atoms with Crippen molar-refractivity contribution in [3.63, 3.8) is 0 Å². The van der Waals surface area contributed by atoms with E-state index in [9.17, 15) is 9.18 Å². The Balaban J connectivity index is 3.30. The molecule has 0 saturated heterocycles. The fraction of sp³-hybridized carbons (Fsp3) is 0.364. The van der Waals surface area contributed by atoms with Gasteiger partial charge in [-0.15, -0.1) is 0 Å². The van der Waals surface area contributed by atoms with Gasteiger partial charge in [0.05, 0.1) is 12.7 Å². The molecule has 0 bridgehead atoms. The zero-order valence-corrected chi connectivity index (χ0v) is 8.50. The molecule has 0 fully saturated rings. The van der Waals surface area contributed by atoms with Crippen LogP contribution >= 0.6 is 0 Å². The number of carbonyl (C=O) groups excluding carboxylic acids is 1. The summed E-state index contributed by atoms with van der Waals surface area (Å²) in [4.78, 5) is 10.7. The van der Waals surface area contributed by atoms with Gasteiger partial charge in [-0.3, -0.25) is 4.79 Å². The minimum atomic E-state index is -0.331. The first kappa shape index (κ1) is 10.7. The highest BCUT2D eigenvalue weighted by atomic mass is 19.1. The number of aldehydes is 1. The Morgan fingerprint density at radius 2 is 2.07 bits per heavy atom. The van der Waals surface area contributed by atoms with Crippen LogP contribution in [0.1, 0.15) is 35.7 Å². The second-order valence-electron chi connectivity index (χ2n) is 3.39. The predicted octanol–water partition coefficient (Wildman–Crippen LogP) is 2.77. The van der Waals surface area contributed by atoms with E-state index in [1.54, 1.807) is 0 Å². The van der Waals surface area contributed by atoms with Crippen LogP contribution in [0, 0.1) is 5.82 Å². The highest BCUT2D eigenvalue weighted by Crippen LogP contribution is 2.26. The summed E-state index contributed by atoms with van der Waals surface area (Å²) in [7, 11) is 1.41. The molecule has 0 aromatic heterocycles. The second-order valence-corrected chi connectivity index (χ2v) is 3.39. The van der Waals surface area contributed by atoms with Crippen molar-refractivity contribution in [2.24, 2.45) is 0 Å². The van der Waals surface area contributed by atoms with Gasteiger partial charge in [-0.25, -0.2) is 4.39 Å². The number of rotatable bonds is 3. The van der Waals surface area contributed by atoms with E-state index < -0.39 is 0 Å². The predicted molar refractivity (Wildman–Crippen MR) is 52.4 cm³/mol. The van der Waals surface area contributed by atoms with Gasteiger partial charge in [-0.05, 0) is 17.5 Å². The fourth-order valence-electron chi connectivity index (χ4n) is 1.30. The van der Waals surface area contributed by atoms with Gasteiger partial charge in [-0.1, -0.05) is 13.8 Å². The first-order valence-electron chi connectivity index (χ1n) is 4.42. The van der Waals surface area contributed by atoms with E-state index in [0.717, 1.165) is 0 Å². The average Bonchev–Trinajstić information content (AvgIpc) is 2.16. The maximum absolute atomic E-state index is 13.4. The van der Waals surface area contributed by atoms with E-state index in [1.165, 1.54) is 19.2 Å². The van der Waals surface area contributed by atoms with Crippen molar-refractivity contribution in [1.29, 1.82) is 0 Å². The Kier molecular flexibility index (Phi) is 3.23. The Bertz CT molecular complexity index is 345. The monoisotopic (exact) mass is 196 g/mol. The summed E-state index contributed by atoms with van der Waals surface area (Å²) < 4.78 is 18.3. The number of benzene rings is 1. The standard InChI is InChI=1S/C11H13FO2/c1-7(2)9-4-8(6-13)11(14-3)5-10(9)12/h4-7H,1-3H3. The molecule has 0 spiro atoms. The van der Waals surface area contributed by atoms with Crippen LogP contribution in [0.5, 0.6) is 5.75 Å². The van der Waals surface area contributed by atoms with Crippen molar-refractivity contribution in [1.82, 2.24) is 0 Å². The van der Waals surface area contributed by atoms with Crippen molar-refractivity contribution in [2.45, 2.75) is 19.8 Å². The van der Waals surface area contributed by atoms with Crippen LogP contribution in [0.4, 0.5) is 4.39 Å². The minimum Gasteiger partial charge on any atom is -0.496 e. The van der Waals surface area contributed by atoms with Gasteiger partial charge in [0.1, 0.15) is 11.6 Å². The Labute approximate surface area is 82.7 Å². The van der Waals surface area contributed by atoms with Crippen molar-refractivity contribution in [2.75, 3.05) is 7.11 Å². The van der Waals surface area contributed by atoms with Gasteiger partial charge < -0.3 is 4.74 Å². The normalized spacial score (nSPS) is 10.4. The molecule has 0 N–H and O–H groups in total. The van der Waals surface area contributed by atoms with Crippen molar-refractivity contribution in [3.05, 3.63) is 29.1 Å².